The first-order valence-corrected chi connectivity index (χ1v) is 15.3. The predicted molar refractivity (Wildman–Crippen MR) is 146 cm³/mol. The van der Waals surface area contributed by atoms with Crippen LogP contribution in [0.4, 0.5) is 0 Å². The van der Waals surface area contributed by atoms with Gasteiger partial charge in [0.15, 0.2) is 5.76 Å². The van der Waals surface area contributed by atoms with Crippen molar-refractivity contribution in [2.45, 2.75) is 46.3 Å². The van der Waals surface area contributed by atoms with E-state index in [2.05, 4.69) is 18.4 Å². The van der Waals surface area contributed by atoms with Crippen LogP contribution >= 0.6 is 23.1 Å². The summed E-state index contributed by atoms with van der Waals surface area (Å²) in [5, 5.41) is 7.43. The average molecular weight is 557 g/mol. The van der Waals surface area contributed by atoms with Crippen LogP contribution in [0.5, 0.6) is 0 Å². The van der Waals surface area contributed by atoms with E-state index < -0.39 is 10.0 Å². The average Bonchev–Trinajstić information content (AvgIpc) is 3.55. The minimum Gasteiger partial charge on any atom is -0.439 e. The number of nitrogens with two attached hydrogens (primary N) is 1. The summed E-state index contributed by atoms with van der Waals surface area (Å²) in [6.07, 6.45) is 1.83. The number of rotatable bonds is 8. The maximum atomic E-state index is 11.7. The molecule has 1 aliphatic heterocycles. The first kappa shape index (κ1) is 26.1. The fourth-order valence-corrected chi connectivity index (χ4v) is 7.02. The van der Waals surface area contributed by atoms with E-state index in [0.717, 1.165) is 28.2 Å². The molecule has 0 amide bonds. The zero-order valence-corrected chi connectivity index (χ0v) is 23.0. The summed E-state index contributed by atoms with van der Waals surface area (Å²) in [4.78, 5) is 4.85. The lowest BCUT2D eigenvalue weighted by atomic mass is 9.85. The number of thioether (sulfide) groups is 1. The molecule has 1 fully saturated rings. The SMILES string of the molecule is COC1(c2csc(SCc3nc(-c4ccc(S(N)(=O)=O)cc4)c(-c4ccccc4)o3)c2)CCOC(C)C1. The van der Waals surface area contributed by atoms with E-state index in [4.69, 9.17) is 24.0 Å². The molecule has 2 N–H and O–H groups in total. The number of thiophene rings is 1. The second-order valence-corrected chi connectivity index (χ2v) is 12.7. The third-order valence-corrected chi connectivity index (χ3v) is 9.61. The minimum absolute atomic E-state index is 0.0537. The van der Waals surface area contributed by atoms with Gasteiger partial charge in [0.1, 0.15) is 5.69 Å². The van der Waals surface area contributed by atoms with Crippen LogP contribution in [0.15, 0.2) is 79.6 Å². The Bertz CT molecular complexity index is 1470. The highest BCUT2D eigenvalue weighted by molar-refractivity contribution is 8.00. The van der Waals surface area contributed by atoms with Gasteiger partial charge in [-0.1, -0.05) is 42.5 Å². The first-order chi connectivity index (χ1) is 17.8. The van der Waals surface area contributed by atoms with Crippen molar-refractivity contribution >= 4 is 33.1 Å². The molecular weight excluding hydrogens is 529 g/mol. The van der Waals surface area contributed by atoms with E-state index >= 15 is 0 Å². The van der Waals surface area contributed by atoms with Gasteiger partial charge in [0, 0.05) is 31.1 Å². The predicted octanol–water partition coefficient (Wildman–Crippen LogP) is 6.05. The molecule has 0 aliphatic carbocycles. The van der Waals surface area contributed by atoms with Crippen LogP contribution in [0.1, 0.15) is 31.2 Å². The summed E-state index contributed by atoms with van der Waals surface area (Å²) in [6.45, 7) is 2.77. The lowest BCUT2D eigenvalue weighted by Gasteiger charge is -2.38. The zero-order valence-electron chi connectivity index (χ0n) is 20.5. The van der Waals surface area contributed by atoms with E-state index in [1.807, 2.05) is 30.3 Å². The van der Waals surface area contributed by atoms with Crippen molar-refractivity contribution in [1.82, 2.24) is 4.98 Å². The van der Waals surface area contributed by atoms with E-state index in [0.29, 0.717) is 29.7 Å². The number of hydrogen-bond donors (Lipinski definition) is 1. The standard InChI is InChI=1S/C27H28N2O5S3/c1-18-15-27(32-2,12-13-33-18)21-14-24(35-16-21)36-17-23-29-25(26(34-23)20-6-4-3-5-7-20)19-8-10-22(11-9-19)37(28,30)31/h3-11,14,16,18H,12-13,15,17H2,1-2H3,(H2,28,30,31). The highest BCUT2D eigenvalue weighted by Gasteiger charge is 2.38. The third kappa shape index (κ3) is 5.69. The maximum Gasteiger partial charge on any atom is 0.238 e. The molecular formula is C27H28N2O5S3. The molecule has 7 nitrogen and oxygen atoms in total. The quantitative estimate of drug-likeness (QED) is 0.263. The molecule has 1 saturated heterocycles. The van der Waals surface area contributed by atoms with Crippen molar-refractivity contribution in [1.29, 1.82) is 0 Å². The van der Waals surface area contributed by atoms with Crippen molar-refractivity contribution in [3.8, 4) is 22.6 Å². The molecule has 0 spiro atoms. The van der Waals surface area contributed by atoms with Crippen LogP contribution in [0.2, 0.25) is 0 Å². The molecule has 5 rings (SSSR count). The molecule has 0 saturated carbocycles. The number of aromatic nitrogens is 1. The summed E-state index contributed by atoms with van der Waals surface area (Å²) in [6, 6.07) is 18.3. The van der Waals surface area contributed by atoms with Gasteiger partial charge in [0.25, 0.3) is 0 Å². The number of nitrogens with zero attached hydrogens (tertiary/aromatic N) is 1. The normalized spacial score (nSPS) is 20.2. The molecule has 2 aromatic carbocycles. The number of primary sulfonamides is 1. The summed E-state index contributed by atoms with van der Waals surface area (Å²) >= 11 is 3.36. The Hall–Kier alpha value is -2.47. The van der Waals surface area contributed by atoms with Gasteiger partial charge in [0.05, 0.1) is 33.2 Å². The first-order valence-electron chi connectivity index (χ1n) is 11.8. The number of sulfonamides is 1. The van der Waals surface area contributed by atoms with Gasteiger partial charge >= 0.3 is 0 Å². The van der Waals surface area contributed by atoms with Crippen molar-refractivity contribution < 1.29 is 22.3 Å². The summed E-state index contributed by atoms with van der Waals surface area (Å²) in [7, 11) is -2.00. The van der Waals surface area contributed by atoms with E-state index in [1.54, 1.807) is 42.3 Å². The number of hydrogen-bond acceptors (Lipinski definition) is 8. The summed E-state index contributed by atoms with van der Waals surface area (Å²) < 4.78 is 42.5. The van der Waals surface area contributed by atoms with Crippen molar-refractivity contribution in [2.24, 2.45) is 5.14 Å². The van der Waals surface area contributed by atoms with E-state index in [-0.39, 0.29) is 16.6 Å². The molecule has 194 valence electrons. The highest BCUT2D eigenvalue weighted by atomic mass is 32.2. The smallest absolute Gasteiger partial charge is 0.238 e. The van der Waals surface area contributed by atoms with Gasteiger partial charge in [0.2, 0.25) is 15.9 Å². The maximum absolute atomic E-state index is 11.7. The van der Waals surface area contributed by atoms with Gasteiger partial charge in [-0.05, 0) is 36.1 Å². The topological polar surface area (TPSA) is 105 Å². The fourth-order valence-electron chi connectivity index (χ4n) is 4.59. The van der Waals surface area contributed by atoms with Crippen LogP contribution in [-0.2, 0) is 30.9 Å². The molecule has 4 aromatic rings. The lowest BCUT2D eigenvalue weighted by Crippen LogP contribution is -2.38. The number of ether oxygens (including phenoxy) is 2. The highest BCUT2D eigenvalue weighted by Crippen LogP contribution is 2.42. The van der Waals surface area contributed by atoms with Crippen LogP contribution in [0.25, 0.3) is 22.6 Å². The van der Waals surface area contributed by atoms with Crippen molar-refractivity contribution in [2.75, 3.05) is 13.7 Å². The molecule has 2 atom stereocenters. The molecule has 0 radical (unpaired) electrons. The molecule has 2 aromatic heterocycles. The second kappa shape index (κ2) is 10.7. The third-order valence-electron chi connectivity index (χ3n) is 6.52. The molecule has 2 unspecified atom stereocenters. The molecule has 1 aliphatic rings. The van der Waals surface area contributed by atoms with Crippen molar-refractivity contribution in [3.05, 3.63) is 77.5 Å². The Balaban J connectivity index is 1.40. The zero-order chi connectivity index (χ0) is 26.0. The molecule has 37 heavy (non-hydrogen) atoms. The number of benzene rings is 2. The van der Waals surface area contributed by atoms with Crippen LogP contribution in [0.3, 0.4) is 0 Å². The van der Waals surface area contributed by atoms with Gasteiger partial charge in [-0.3, -0.25) is 0 Å². The second-order valence-electron chi connectivity index (χ2n) is 9.00. The van der Waals surface area contributed by atoms with Crippen molar-refractivity contribution in [3.63, 3.8) is 0 Å². The minimum atomic E-state index is -3.78. The van der Waals surface area contributed by atoms with Gasteiger partial charge in [-0.25, -0.2) is 18.5 Å². The largest absolute Gasteiger partial charge is 0.439 e. The van der Waals surface area contributed by atoms with Gasteiger partial charge < -0.3 is 13.9 Å². The fraction of sp³-hybridized carbons (Fsp3) is 0.296. The molecule has 10 heteroatoms. The lowest BCUT2D eigenvalue weighted by molar-refractivity contribution is -0.122. The summed E-state index contributed by atoms with van der Waals surface area (Å²) in [5.41, 5.74) is 3.17. The number of oxazole rings is 1. The summed E-state index contributed by atoms with van der Waals surface area (Å²) in [5.74, 6) is 1.78. The van der Waals surface area contributed by atoms with Crippen LogP contribution in [-0.4, -0.2) is 33.2 Å². The Morgan fingerprint density at radius 1 is 1.16 bits per heavy atom. The van der Waals surface area contributed by atoms with E-state index in [9.17, 15) is 8.42 Å². The van der Waals surface area contributed by atoms with E-state index in [1.165, 1.54) is 17.7 Å². The molecule has 3 heterocycles. The van der Waals surface area contributed by atoms with Gasteiger partial charge in [-0.2, -0.15) is 0 Å². The number of methoxy groups -OCH3 is 1. The van der Waals surface area contributed by atoms with Gasteiger partial charge in [-0.15, -0.1) is 23.1 Å². The Kier molecular flexibility index (Phi) is 7.58. The Morgan fingerprint density at radius 3 is 2.59 bits per heavy atom. The Morgan fingerprint density at radius 2 is 1.92 bits per heavy atom. The Labute approximate surface area is 225 Å². The van der Waals surface area contributed by atoms with Crippen LogP contribution in [0, 0.1) is 0 Å². The van der Waals surface area contributed by atoms with Crippen LogP contribution < -0.4 is 5.14 Å². The molecule has 0 bridgehead atoms. The monoisotopic (exact) mass is 556 g/mol.